The summed E-state index contributed by atoms with van der Waals surface area (Å²) in [6, 6.07) is 6.40. The van der Waals surface area contributed by atoms with E-state index in [0.717, 1.165) is 5.69 Å². The van der Waals surface area contributed by atoms with Gasteiger partial charge in [-0.3, -0.25) is 9.69 Å². The lowest BCUT2D eigenvalue weighted by Crippen LogP contribution is -2.27. The number of esters is 1. The van der Waals surface area contributed by atoms with Crippen molar-refractivity contribution in [3.63, 3.8) is 0 Å². The number of amides is 2. The Kier molecular flexibility index (Phi) is 4.49. The molecule has 6 nitrogen and oxygen atoms in total. The third kappa shape index (κ3) is 3.63. The van der Waals surface area contributed by atoms with Crippen molar-refractivity contribution in [2.45, 2.75) is 20.8 Å². The minimum absolute atomic E-state index is 0.133. The first-order chi connectivity index (χ1) is 10.3. The van der Waals surface area contributed by atoms with Crippen LogP contribution in [-0.2, 0) is 9.53 Å². The SMILES string of the molecule is CC(C)(C)C(=O)COC(=O)c1ccc(N2CCNC2=O)cc1. The maximum absolute atomic E-state index is 11.9. The fourth-order valence-corrected chi connectivity index (χ4v) is 1.93. The molecule has 0 bridgehead atoms. The number of anilines is 1. The van der Waals surface area contributed by atoms with Gasteiger partial charge in [0.2, 0.25) is 0 Å². The molecule has 0 aromatic heterocycles. The molecule has 1 aliphatic rings. The van der Waals surface area contributed by atoms with E-state index in [4.69, 9.17) is 4.74 Å². The van der Waals surface area contributed by atoms with Crippen LogP contribution >= 0.6 is 0 Å². The second kappa shape index (κ2) is 6.17. The Bertz CT molecular complexity index is 587. The van der Waals surface area contributed by atoms with Gasteiger partial charge in [-0.1, -0.05) is 20.8 Å². The Morgan fingerprint density at radius 2 is 1.86 bits per heavy atom. The number of ketones is 1. The Hall–Kier alpha value is -2.37. The molecule has 2 rings (SSSR count). The van der Waals surface area contributed by atoms with Gasteiger partial charge in [0.1, 0.15) is 0 Å². The van der Waals surface area contributed by atoms with Crippen molar-refractivity contribution in [2.24, 2.45) is 5.41 Å². The number of ether oxygens (including phenoxy) is 1. The van der Waals surface area contributed by atoms with Gasteiger partial charge < -0.3 is 10.1 Å². The summed E-state index contributed by atoms with van der Waals surface area (Å²) >= 11 is 0. The number of nitrogens with one attached hydrogen (secondary N) is 1. The van der Waals surface area contributed by atoms with Gasteiger partial charge in [-0.2, -0.15) is 0 Å². The molecule has 2 amide bonds. The highest BCUT2D eigenvalue weighted by atomic mass is 16.5. The number of hydrogen-bond donors (Lipinski definition) is 1. The van der Waals surface area contributed by atoms with Gasteiger partial charge in [-0.25, -0.2) is 9.59 Å². The molecule has 0 atom stereocenters. The van der Waals surface area contributed by atoms with Crippen LogP contribution in [0.3, 0.4) is 0 Å². The molecular formula is C16H20N2O4. The zero-order valence-corrected chi connectivity index (χ0v) is 13.0. The molecule has 1 aromatic rings. The van der Waals surface area contributed by atoms with Crippen LogP contribution in [0.4, 0.5) is 10.5 Å². The number of carbonyl (C=O) groups excluding carboxylic acids is 3. The summed E-state index contributed by atoms with van der Waals surface area (Å²) in [5.41, 5.74) is 0.537. The minimum atomic E-state index is -0.546. The van der Waals surface area contributed by atoms with Crippen LogP contribution in [0.25, 0.3) is 0 Å². The Balaban J connectivity index is 1.97. The van der Waals surface area contributed by atoms with E-state index in [0.29, 0.717) is 18.7 Å². The zero-order chi connectivity index (χ0) is 16.3. The maximum atomic E-state index is 11.9. The molecule has 1 heterocycles. The average molecular weight is 304 g/mol. The lowest BCUT2D eigenvalue weighted by Gasteiger charge is -2.16. The van der Waals surface area contributed by atoms with Crippen molar-refractivity contribution in [3.05, 3.63) is 29.8 Å². The van der Waals surface area contributed by atoms with Crippen LogP contribution in [0.1, 0.15) is 31.1 Å². The van der Waals surface area contributed by atoms with Crippen LogP contribution in [0.2, 0.25) is 0 Å². The van der Waals surface area contributed by atoms with Gasteiger partial charge in [0.15, 0.2) is 12.4 Å². The molecule has 0 saturated carbocycles. The summed E-state index contributed by atoms with van der Waals surface area (Å²) < 4.78 is 5.02. The highest BCUT2D eigenvalue weighted by Gasteiger charge is 2.23. The summed E-state index contributed by atoms with van der Waals surface area (Å²) in [4.78, 5) is 36.8. The Labute approximate surface area is 129 Å². The van der Waals surface area contributed by atoms with Crippen molar-refractivity contribution < 1.29 is 19.1 Å². The van der Waals surface area contributed by atoms with Crippen molar-refractivity contribution >= 4 is 23.5 Å². The third-order valence-corrected chi connectivity index (χ3v) is 3.44. The van der Waals surface area contributed by atoms with E-state index < -0.39 is 11.4 Å². The third-order valence-electron chi connectivity index (χ3n) is 3.44. The van der Waals surface area contributed by atoms with Crippen molar-refractivity contribution in [2.75, 3.05) is 24.6 Å². The summed E-state index contributed by atoms with van der Waals surface area (Å²) in [5, 5.41) is 2.71. The van der Waals surface area contributed by atoms with E-state index in [-0.39, 0.29) is 18.4 Å². The van der Waals surface area contributed by atoms with Crippen molar-refractivity contribution in [3.8, 4) is 0 Å². The topological polar surface area (TPSA) is 75.7 Å². The molecule has 22 heavy (non-hydrogen) atoms. The van der Waals surface area contributed by atoms with Crippen LogP contribution in [0.5, 0.6) is 0 Å². The van der Waals surface area contributed by atoms with E-state index >= 15 is 0 Å². The molecule has 1 fully saturated rings. The summed E-state index contributed by atoms with van der Waals surface area (Å²) in [6.45, 7) is 6.30. The fraction of sp³-hybridized carbons (Fsp3) is 0.438. The molecule has 0 unspecified atom stereocenters. The van der Waals surface area contributed by atoms with Gasteiger partial charge in [-0.15, -0.1) is 0 Å². The van der Waals surface area contributed by atoms with E-state index in [1.807, 2.05) is 0 Å². The lowest BCUT2D eigenvalue weighted by atomic mass is 9.91. The molecule has 118 valence electrons. The second-order valence-corrected chi connectivity index (χ2v) is 6.18. The van der Waals surface area contributed by atoms with Gasteiger partial charge in [0.05, 0.1) is 5.56 Å². The number of nitrogens with zero attached hydrogens (tertiary/aromatic N) is 1. The molecule has 1 saturated heterocycles. The predicted molar refractivity (Wildman–Crippen MR) is 81.9 cm³/mol. The summed E-state index contributed by atoms with van der Waals surface area (Å²) in [6.07, 6.45) is 0. The highest BCUT2D eigenvalue weighted by molar-refractivity contribution is 5.96. The van der Waals surface area contributed by atoms with Crippen LogP contribution in [0, 0.1) is 5.41 Å². The van der Waals surface area contributed by atoms with Gasteiger partial charge in [-0.05, 0) is 24.3 Å². The monoisotopic (exact) mass is 304 g/mol. The standard InChI is InChI=1S/C16H20N2O4/c1-16(2,3)13(19)10-22-14(20)11-4-6-12(7-5-11)18-9-8-17-15(18)21/h4-7H,8-10H2,1-3H3,(H,17,21). The molecule has 0 spiro atoms. The van der Waals surface area contributed by atoms with Crippen LogP contribution in [-0.4, -0.2) is 37.5 Å². The minimum Gasteiger partial charge on any atom is -0.454 e. The smallest absolute Gasteiger partial charge is 0.338 e. The number of benzene rings is 1. The van der Waals surface area contributed by atoms with Gasteiger partial charge in [0.25, 0.3) is 0 Å². The predicted octanol–water partition coefficient (Wildman–Crippen LogP) is 1.99. The quantitative estimate of drug-likeness (QED) is 0.863. The Morgan fingerprint density at radius 3 is 2.36 bits per heavy atom. The van der Waals surface area contributed by atoms with Crippen LogP contribution < -0.4 is 10.2 Å². The number of rotatable bonds is 4. The number of Topliss-reactive ketones (excluding diaryl/α,β-unsaturated/α-hetero) is 1. The molecule has 1 aromatic carbocycles. The fourth-order valence-electron chi connectivity index (χ4n) is 1.93. The zero-order valence-electron chi connectivity index (χ0n) is 13.0. The molecule has 0 aliphatic carbocycles. The second-order valence-electron chi connectivity index (χ2n) is 6.18. The van der Waals surface area contributed by atoms with E-state index in [1.165, 1.54) is 0 Å². The summed E-state index contributed by atoms with van der Waals surface area (Å²) in [7, 11) is 0. The first kappa shape index (κ1) is 16.0. The van der Waals surface area contributed by atoms with Crippen LogP contribution in [0.15, 0.2) is 24.3 Å². The van der Waals surface area contributed by atoms with E-state index in [1.54, 1.807) is 49.9 Å². The van der Waals surface area contributed by atoms with E-state index in [2.05, 4.69) is 5.32 Å². The normalized spacial score (nSPS) is 14.7. The van der Waals surface area contributed by atoms with E-state index in [9.17, 15) is 14.4 Å². The Morgan fingerprint density at radius 1 is 1.23 bits per heavy atom. The molecule has 6 heteroatoms. The van der Waals surface area contributed by atoms with Gasteiger partial charge >= 0.3 is 12.0 Å². The number of carbonyl (C=O) groups is 3. The maximum Gasteiger partial charge on any atom is 0.338 e. The number of hydrogen-bond acceptors (Lipinski definition) is 4. The van der Waals surface area contributed by atoms with Crippen molar-refractivity contribution in [1.29, 1.82) is 0 Å². The first-order valence-electron chi connectivity index (χ1n) is 7.15. The first-order valence-corrected chi connectivity index (χ1v) is 7.15. The average Bonchev–Trinajstić information content (AvgIpc) is 2.89. The lowest BCUT2D eigenvalue weighted by molar-refractivity contribution is -0.129. The molecule has 1 aliphatic heterocycles. The largest absolute Gasteiger partial charge is 0.454 e. The number of urea groups is 1. The summed E-state index contributed by atoms with van der Waals surface area (Å²) in [5.74, 6) is -0.679. The van der Waals surface area contributed by atoms with Crippen molar-refractivity contribution in [1.82, 2.24) is 5.32 Å². The molecule has 0 radical (unpaired) electrons. The molecular weight excluding hydrogens is 284 g/mol. The van der Waals surface area contributed by atoms with Gasteiger partial charge in [0, 0.05) is 24.2 Å². The highest BCUT2D eigenvalue weighted by Crippen LogP contribution is 2.18. The molecule has 1 N–H and O–H groups in total.